The van der Waals surface area contributed by atoms with E-state index in [1.165, 1.54) is 22.5 Å². The number of rotatable bonds is 8. The molecule has 3 N–H and O–H groups in total. The van der Waals surface area contributed by atoms with Gasteiger partial charge in [0.1, 0.15) is 6.54 Å². The van der Waals surface area contributed by atoms with Gasteiger partial charge >= 0.3 is 0 Å². The number of nitrogens with zero attached hydrogens (tertiary/aromatic N) is 2. The maximum absolute atomic E-state index is 12.6. The number of pyridine rings is 1. The van der Waals surface area contributed by atoms with Crippen LogP contribution in [0.3, 0.4) is 0 Å². The van der Waals surface area contributed by atoms with Crippen molar-refractivity contribution in [1.82, 2.24) is 8.87 Å². The van der Waals surface area contributed by atoms with Crippen LogP contribution in [0.15, 0.2) is 52.3 Å². The van der Waals surface area contributed by atoms with Crippen LogP contribution in [0, 0.1) is 0 Å². The van der Waals surface area contributed by atoms with Crippen molar-refractivity contribution in [2.24, 2.45) is 5.73 Å². The zero-order valence-corrected chi connectivity index (χ0v) is 16.4. The molecule has 0 aliphatic carbocycles. The molecular weight excluding hydrogens is 384 g/mol. The molecular formula is C18H22N4O5S. The maximum Gasteiger partial charge on any atom is 0.251 e. The Hall–Kier alpha value is -2.98. The van der Waals surface area contributed by atoms with Crippen LogP contribution >= 0.6 is 0 Å². The molecule has 1 aromatic heterocycles. The first-order chi connectivity index (χ1) is 13.2. The van der Waals surface area contributed by atoms with E-state index in [1.54, 1.807) is 26.0 Å². The maximum atomic E-state index is 12.6. The summed E-state index contributed by atoms with van der Waals surface area (Å²) < 4.78 is 27.5. The summed E-state index contributed by atoms with van der Waals surface area (Å²) in [5.74, 6) is -1.19. The number of nitrogens with one attached hydrogen (secondary N) is 1. The Balaban J connectivity index is 2.24. The van der Waals surface area contributed by atoms with Gasteiger partial charge in [0.15, 0.2) is 0 Å². The third kappa shape index (κ3) is 4.84. The summed E-state index contributed by atoms with van der Waals surface area (Å²) in [5.41, 5.74) is 5.25. The van der Waals surface area contributed by atoms with Gasteiger partial charge in [-0.3, -0.25) is 14.4 Å². The number of carbonyl (C=O) groups excluding carboxylic acids is 2. The Labute approximate surface area is 162 Å². The molecule has 2 aromatic rings. The van der Waals surface area contributed by atoms with Gasteiger partial charge in [-0.05, 0) is 24.3 Å². The highest BCUT2D eigenvalue weighted by Crippen LogP contribution is 2.14. The Morgan fingerprint density at radius 1 is 1.14 bits per heavy atom. The second kappa shape index (κ2) is 8.81. The Morgan fingerprint density at radius 3 is 2.43 bits per heavy atom. The molecule has 10 heteroatoms. The fourth-order valence-corrected chi connectivity index (χ4v) is 4.08. The Morgan fingerprint density at radius 2 is 1.82 bits per heavy atom. The van der Waals surface area contributed by atoms with Crippen molar-refractivity contribution in [3.63, 3.8) is 0 Å². The minimum atomic E-state index is -3.76. The average Bonchev–Trinajstić information content (AvgIpc) is 2.64. The van der Waals surface area contributed by atoms with Crippen LogP contribution in [0.5, 0.6) is 0 Å². The molecule has 1 aromatic carbocycles. The third-order valence-corrected chi connectivity index (χ3v) is 6.08. The van der Waals surface area contributed by atoms with E-state index in [4.69, 9.17) is 5.73 Å². The monoisotopic (exact) mass is 406 g/mol. The molecule has 0 saturated carbocycles. The number of aromatic nitrogens is 1. The largest absolute Gasteiger partial charge is 0.366 e. The normalized spacial score (nSPS) is 11.4. The minimum Gasteiger partial charge on any atom is -0.366 e. The Bertz CT molecular complexity index is 1040. The quantitative estimate of drug-likeness (QED) is 0.663. The van der Waals surface area contributed by atoms with Gasteiger partial charge < -0.3 is 15.6 Å². The molecule has 0 aliphatic rings. The van der Waals surface area contributed by atoms with Crippen molar-refractivity contribution in [2.45, 2.75) is 25.3 Å². The molecule has 9 nitrogen and oxygen atoms in total. The Kier molecular flexibility index (Phi) is 6.71. The fraction of sp³-hybridized carbons (Fsp3) is 0.278. The number of amides is 2. The summed E-state index contributed by atoms with van der Waals surface area (Å²) in [6.07, 6.45) is 1.15. The minimum absolute atomic E-state index is 0.0701. The highest BCUT2D eigenvalue weighted by atomic mass is 32.2. The van der Waals surface area contributed by atoms with E-state index in [9.17, 15) is 22.8 Å². The van der Waals surface area contributed by atoms with Crippen LogP contribution in [0.25, 0.3) is 0 Å². The smallest absolute Gasteiger partial charge is 0.251 e. The van der Waals surface area contributed by atoms with Gasteiger partial charge in [-0.2, -0.15) is 4.31 Å². The molecule has 0 saturated heterocycles. The first-order valence-electron chi connectivity index (χ1n) is 8.59. The molecule has 1 heterocycles. The van der Waals surface area contributed by atoms with Crippen molar-refractivity contribution in [3.05, 3.63) is 58.5 Å². The van der Waals surface area contributed by atoms with Gasteiger partial charge in [0, 0.05) is 36.6 Å². The summed E-state index contributed by atoms with van der Waals surface area (Å²) in [7, 11) is -3.76. The number of nitrogens with two attached hydrogens (primary N) is 1. The third-order valence-electron chi connectivity index (χ3n) is 4.04. The van der Waals surface area contributed by atoms with Crippen LogP contribution in [0.4, 0.5) is 5.69 Å². The van der Waals surface area contributed by atoms with Gasteiger partial charge in [-0.1, -0.05) is 19.9 Å². The van der Waals surface area contributed by atoms with Crippen molar-refractivity contribution >= 4 is 27.5 Å². The second-order valence-electron chi connectivity index (χ2n) is 5.91. The average molecular weight is 406 g/mol. The molecule has 2 amide bonds. The predicted octanol–water partition coefficient (Wildman–Crippen LogP) is 0.616. The van der Waals surface area contributed by atoms with E-state index in [1.807, 2.05) is 0 Å². The molecule has 0 radical (unpaired) electrons. The molecule has 150 valence electrons. The van der Waals surface area contributed by atoms with Crippen molar-refractivity contribution in [1.29, 1.82) is 0 Å². The molecule has 0 atom stereocenters. The van der Waals surface area contributed by atoms with E-state index in [0.717, 1.165) is 16.8 Å². The number of hydrogen-bond acceptors (Lipinski definition) is 5. The van der Waals surface area contributed by atoms with Crippen LogP contribution < -0.4 is 16.6 Å². The number of hydrogen-bond donors (Lipinski definition) is 2. The first-order valence-corrected chi connectivity index (χ1v) is 10.0. The SMILES string of the molecule is CCN(CC)S(=O)(=O)c1ccc(=O)n(CC(=O)Nc2cccc(C(N)=O)c2)c1. The van der Waals surface area contributed by atoms with Crippen molar-refractivity contribution in [3.8, 4) is 0 Å². The first kappa shape index (κ1) is 21.3. The van der Waals surface area contributed by atoms with Crippen LogP contribution in [-0.4, -0.2) is 42.2 Å². The second-order valence-corrected chi connectivity index (χ2v) is 7.85. The van der Waals surface area contributed by atoms with Crippen molar-refractivity contribution in [2.75, 3.05) is 18.4 Å². The van der Waals surface area contributed by atoms with E-state index in [0.29, 0.717) is 5.69 Å². The van der Waals surface area contributed by atoms with Gasteiger partial charge in [-0.25, -0.2) is 8.42 Å². The topological polar surface area (TPSA) is 132 Å². The lowest BCUT2D eigenvalue weighted by Crippen LogP contribution is -2.33. The summed E-state index contributed by atoms with van der Waals surface area (Å²) in [5, 5.41) is 2.55. The van der Waals surface area contributed by atoms with E-state index in [2.05, 4.69) is 5.32 Å². The van der Waals surface area contributed by atoms with Crippen molar-refractivity contribution < 1.29 is 18.0 Å². The number of sulfonamides is 1. The summed E-state index contributed by atoms with van der Waals surface area (Å²) in [6, 6.07) is 8.36. The molecule has 0 bridgehead atoms. The number of primary amides is 1. The molecule has 0 aliphatic heterocycles. The lowest BCUT2D eigenvalue weighted by atomic mass is 10.2. The lowest BCUT2D eigenvalue weighted by molar-refractivity contribution is -0.116. The number of benzene rings is 1. The molecule has 28 heavy (non-hydrogen) atoms. The summed E-state index contributed by atoms with van der Waals surface area (Å²) in [4.78, 5) is 35.5. The molecule has 0 fully saturated rings. The molecule has 0 unspecified atom stereocenters. The van der Waals surface area contributed by atoms with Gasteiger partial charge in [0.25, 0.3) is 5.56 Å². The van der Waals surface area contributed by atoms with E-state index in [-0.39, 0.29) is 30.1 Å². The van der Waals surface area contributed by atoms with Gasteiger partial charge in [0.05, 0.1) is 4.90 Å². The fourth-order valence-electron chi connectivity index (χ4n) is 2.60. The number of anilines is 1. The van der Waals surface area contributed by atoms with Gasteiger partial charge in [-0.15, -0.1) is 0 Å². The summed E-state index contributed by atoms with van der Waals surface area (Å²) in [6.45, 7) is 3.61. The van der Waals surface area contributed by atoms with Crippen LogP contribution in [-0.2, 0) is 21.4 Å². The highest BCUT2D eigenvalue weighted by Gasteiger charge is 2.22. The zero-order chi connectivity index (χ0) is 20.9. The van der Waals surface area contributed by atoms with Crippen LogP contribution in [0.1, 0.15) is 24.2 Å². The number of carbonyl (C=O) groups is 2. The lowest BCUT2D eigenvalue weighted by Gasteiger charge is -2.19. The van der Waals surface area contributed by atoms with Gasteiger partial charge in [0.2, 0.25) is 21.8 Å². The van der Waals surface area contributed by atoms with E-state index >= 15 is 0 Å². The predicted molar refractivity (Wildman–Crippen MR) is 104 cm³/mol. The zero-order valence-electron chi connectivity index (χ0n) is 15.6. The standard InChI is InChI=1S/C18H22N4O5S/c1-3-22(4-2)28(26,27)15-8-9-17(24)21(11-15)12-16(23)20-14-7-5-6-13(10-14)18(19)25/h5-11H,3-4,12H2,1-2H3,(H2,19,25)(H,20,23). The van der Waals surface area contributed by atoms with E-state index < -0.39 is 27.4 Å². The summed E-state index contributed by atoms with van der Waals surface area (Å²) >= 11 is 0. The highest BCUT2D eigenvalue weighted by molar-refractivity contribution is 7.89. The molecule has 0 spiro atoms. The van der Waals surface area contributed by atoms with Crippen LogP contribution in [0.2, 0.25) is 0 Å². The molecule has 2 rings (SSSR count).